The van der Waals surface area contributed by atoms with Crippen LogP contribution in [0.5, 0.6) is 5.75 Å². The SMILES string of the molecule is [2H]c1nc(-c2cc(-c3cccc4c3nc(-c3cc(C(C)C)cc(C(C)C)c3O)n4-c3ccc(-c4c(C([2H])(C)C)cccc4C([2H])(C)C)cc3)cc(C(C)(C)C)c2)c([2H])c(-c2c([2H])c([2H])c(C(C([2H])([2H])[2H])(C([2H])([2H])[2H])C([2H])([2H])[2H])c([2H])c2[2H])c1[2H]. The fraction of sp³-hybridized carbons (Fsp3) is 0.323. The number of phenolic OH excluding ortho intramolecular Hbond substituents is 1. The number of imidazole rings is 1. The van der Waals surface area contributed by atoms with Crippen LogP contribution in [0.4, 0.5) is 0 Å². The molecule has 4 nitrogen and oxygen atoms in total. The van der Waals surface area contributed by atoms with Crippen LogP contribution < -0.4 is 0 Å². The standard InChI is InChI=1S/C62H69N3O/c1-37(2)44-34-53(40(7)8)59(66)54(35-44)60-64-58-52(19-16-20-56(58)65(60)49-27-23-42(24-28-49)57-50(38(3)4)17-15-18-51(57)39(5)6)45-31-46(33-48(32-45)62(12,13)14)55-36-43(29-30-63-55)41-21-25-47(26-22-41)61(9,10)11/h15-40,66H,1-14H3/i9D3,10D3,11D3,21D,22D,25D,26D,29D,30D,36D,38D,39D. The molecule has 6 aromatic carbocycles. The van der Waals surface area contributed by atoms with Gasteiger partial charge in [0.15, 0.2) is 0 Å². The minimum Gasteiger partial charge on any atom is -0.507 e. The molecule has 0 aliphatic heterocycles. The third kappa shape index (κ3) is 9.00. The molecule has 2 aromatic heterocycles. The number of hydrogen-bond donors (Lipinski definition) is 1. The Hall–Kier alpha value is -6.26. The van der Waals surface area contributed by atoms with Gasteiger partial charge in [0, 0.05) is 38.1 Å². The van der Waals surface area contributed by atoms with Crippen molar-refractivity contribution >= 4 is 11.0 Å². The van der Waals surface area contributed by atoms with E-state index in [1.807, 2.05) is 146 Å². The molecule has 66 heavy (non-hydrogen) atoms. The van der Waals surface area contributed by atoms with Crippen molar-refractivity contribution in [3.63, 3.8) is 0 Å². The summed E-state index contributed by atoms with van der Waals surface area (Å²) in [6, 6.07) is 22.3. The molecule has 4 heteroatoms. The Balaban J connectivity index is 1.42. The lowest BCUT2D eigenvalue weighted by Crippen LogP contribution is -2.11. The van der Waals surface area contributed by atoms with E-state index in [0.29, 0.717) is 44.8 Å². The van der Waals surface area contributed by atoms with Crippen molar-refractivity contribution in [1.82, 2.24) is 14.5 Å². The lowest BCUT2D eigenvalue weighted by atomic mass is 9.83. The minimum absolute atomic E-state index is 0.0616. The van der Waals surface area contributed by atoms with Crippen molar-refractivity contribution < 1.29 is 29.8 Å². The Morgan fingerprint density at radius 1 is 0.606 bits per heavy atom. The van der Waals surface area contributed by atoms with Gasteiger partial charge in [0.1, 0.15) is 11.6 Å². The van der Waals surface area contributed by atoms with Gasteiger partial charge in [-0.05, 0) is 144 Å². The molecule has 0 atom stereocenters. The maximum absolute atomic E-state index is 12.3. The highest BCUT2D eigenvalue weighted by Crippen LogP contribution is 2.44. The highest BCUT2D eigenvalue weighted by molar-refractivity contribution is 5.97. The molecule has 0 aliphatic rings. The van der Waals surface area contributed by atoms with E-state index in [-0.39, 0.29) is 28.8 Å². The Labute approximate surface area is 420 Å². The van der Waals surface area contributed by atoms with Crippen molar-refractivity contribution in [1.29, 1.82) is 0 Å². The van der Waals surface area contributed by atoms with Gasteiger partial charge in [0.25, 0.3) is 0 Å². The van der Waals surface area contributed by atoms with E-state index < -0.39 is 102 Å². The summed E-state index contributed by atoms with van der Waals surface area (Å²) in [7, 11) is 0. The average molecular weight is 890 g/mol. The average Bonchev–Trinajstić information content (AvgIpc) is 0.952. The Morgan fingerprint density at radius 3 is 1.86 bits per heavy atom. The topological polar surface area (TPSA) is 50.9 Å². The molecule has 0 bridgehead atoms. The normalized spacial score (nSPS) is 17.2. The molecular weight excluding hydrogens is 803 g/mol. The number of benzene rings is 6. The molecule has 1 N–H and O–H groups in total. The fourth-order valence-electron chi connectivity index (χ4n) is 8.43. The van der Waals surface area contributed by atoms with Crippen LogP contribution in [-0.2, 0) is 10.8 Å². The molecular formula is C62H69N3O. The van der Waals surface area contributed by atoms with Crippen molar-refractivity contribution in [3.05, 3.63) is 167 Å². The van der Waals surface area contributed by atoms with E-state index >= 15 is 0 Å². The van der Waals surface area contributed by atoms with Gasteiger partial charge in [-0.1, -0.05) is 175 Å². The van der Waals surface area contributed by atoms with Crippen molar-refractivity contribution in [2.75, 3.05) is 0 Å². The van der Waals surface area contributed by atoms with E-state index in [4.69, 9.17) is 25.5 Å². The summed E-state index contributed by atoms with van der Waals surface area (Å²) < 4.78 is 159. The number of pyridine rings is 1. The zero-order valence-corrected chi connectivity index (χ0v) is 39.6. The summed E-state index contributed by atoms with van der Waals surface area (Å²) in [5, 5.41) is 12.3. The number of hydrogen-bond acceptors (Lipinski definition) is 3. The van der Waals surface area contributed by atoms with E-state index in [0.717, 1.165) is 33.4 Å². The number of phenols is 1. The maximum Gasteiger partial charge on any atom is 0.149 e. The summed E-state index contributed by atoms with van der Waals surface area (Å²) in [5.41, 5.74) is 1.74. The zero-order chi connectivity index (χ0) is 62.8. The Morgan fingerprint density at radius 2 is 1.26 bits per heavy atom. The number of nitrogens with zero attached hydrogens (tertiary/aromatic N) is 3. The molecule has 8 rings (SSSR count). The first kappa shape index (κ1) is 28.7. The van der Waals surface area contributed by atoms with Crippen molar-refractivity contribution in [2.24, 2.45) is 0 Å². The molecule has 0 unspecified atom stereocenters. The van der Waals surface area contributed by atoms with Gasteiger partial charge in [-0.3, -0.25) is 9.55 Å². The molecule has 0 amide bonds. The molecule has 338 valence electrons. The van der Waals surface area contributed by atoms with Gasteiger partial charge < -0.3 is 5.11 Å². The predicted molar refractivity (Wildman–Crippen MR) is 281 cm³/mol. The molecule has 0 aliphatic carbocycles. The second-order valence-corrected chi connectivity index (χ2v) is 19.3. The minimum atomic E-state index is -3.93. The summed E-state index contributed by atoms with van der Waals surface area (Å²) >= 11 is 0. The molecule has 0 fully saturated rings. The van der Waals surface area contributed by atoms with Gasteiger partial charge in [0.2, 0.25) is 0 Å². The molecule has 0 saturated carbocycles. The second-order valence-electron chi connectivity index (χ2n) is 19.3. The van der Waals surface area contributed by atoms with E-state index in [2.05, 4.69) is 18.8 Å². The van der Waals surface area contributed by atoms with Crippen LogP contribution in [0.3, 0.4) is 0 Å². The molecule has 0 spiro atoms. The first-order valence-corrected chi connectivity index (χ1v) is 22.4. The van der Waals surface area contributed by atoms with E-state index in [9.17, 15) is 9.22 Å². The number of aromatic nitrogens is 3. The molecule has 0 radical (unpaired) electrons. The van der Waals surface area contributed by atoms with Crippen LogP contribution in [0.1, 0.15) is 178 Å². The van der Waals surface area contributed by atoms with Crippen LogP contribution in [0.25, 0.3) is 72.7 Å². The summed E-state index contributed by atoms with van der Waals surface area (Å²) in [4.78, 5) is 9.84. The monoisotopic (exact) mass is 890 g/mol. The number of rotatable bonds is 10. The van der Waals surface area contributed by atoms with Crippen LogP contribution in [0.2, 0.25) is 0 Å². The third-order valence-corrected chi connectivity index (χ3v) is 12.2. The lowest BCUT2D eigenvalue weighted by molar-refractivity contribution is 0.466. The summed E-state index contributed by atoms with van der Waals surface area (Å²) in [6.07, 6.45) is -0.742. The lowest BCUT2D eigenvalue weighted by Gasteiger charge is -2.22. The smallest absolute Gasteiger partial charge is 0.149 e. The fourth-order valence-corrected chi connectivity index (χ4v) is 8.43. The Kier molecular flexibility index (Phi) is 7.76. The zero-order valence-electron chi connectivity index (χ0n) is 57.6. The van der Waals surface area contributed by atoms with E-state index in [1.54, 1.807) is 12.1 Å². The number of fused-ring (bicyclic) bond motifs is 1. The highest BCUT2D eigenvalue weighted by atomic mass is 16.3. The first-order valence-electron chi connectivity index (χ1n) is 31.4. The van der Waals surface area contributed by atoms with Gasteiger partial charge in [-0.2, -0.15) is 0 Å². The number of aromatic hydroxyl groups is 1. The van der Waals surface area contributed by atoms with Gasteiger partial charge >= 0.3 is 0 Å². The van der Waals surface area contributed by atoms with Crippen LogP contribution in [0.15, 0.2) is 133 Å². The maximum atomic E-state index is 12.3. The van der Waals surface area contributed by atoms with Crippen LogP contribution in [-0.4, -0.2) is 19.6 Å². The Bertz CT molecular complexity index is 3810. The second kappa shape index (κ2) is 17.9. The molecule has 2 heterocycles. The summed E-state index contributed by atoms with van der Waals surface area (Å²) in [5.74, 6) is -1.51. The number of para-hydroxylation sites is 1. The van der Waals surface area contributed by atoms with Gasteiger partial charge in [-0.25, -0.2) is 4.98 Å². The van der Waals surface area contributed by atoms with Crippen LogP contribution in [0, 0.1) is 0 Å². The van der Waals surface area contributed by atoms with Gasteiger partial charge in [0.05, 0.1) is 31.9 Å². The first-order chi connectivity index (χ1) is 38.5. The largest absolute Gasteiger partial charge is 0.507 e. The van der Waals surface area contributed by atoms with Crippen molar-refractivity contribution in [3.8, 4) is 67.5 Å². The van der Waals surface area contributed by atoms with E-state index in [1.165, 1.54) is 0 Å². The quantitative estimate of drug-likeness (QED) is 0.149. The molecule has 8 aromatic rings. The highest BCUT2D eigenvalue weighted by Gasteiger charge is 2.25. The van der Waals surface area contributed by atoms with Crippen molar-refractivity contribution in [2.45, 2.75) is 131 Å². The summed E-state index contributed by atoms with van der Waals surface area (Å²) in [6.45, 7) is 9.58. The molecule has 0 saturated heterocycles. The van der Waals surface area contributed by atoms with Crippen LogP contribution >= 0.6 is 0 Å². The third-order valence-electron chi connectivity index (χ3n) is 12.2. The van der Waals surface area contributed by atoms with Gasteiger partial charge in [-0.15, -0.1) is 0 Å². The predicted octanol–water partition coefficient (Wildman–Crippen LogP) is 17.5.